The highest BCUT2D eigenvalue weighted by molar-refractivity contribution is 7.90. The molecule has 0 bridgehead atoms. The second-order valence-electron chi connectivity index (χ2n) is 7.28. The lowest BCUT2D eigenvalue weighted by Gasteiger charge is -2.13. The third-order valence-electron chi connectivity index (χ3n) is 5.09. The maximum absolute atomic E-state index is 15.0. The zero-order chi connectivity index (χ0) is 25.0. The molecule has 35 heavy (non-hydrogen) atoms. The Hall–Kier alpha value is -4.05. The van der Waals surface area contributed by atoms with E-state index >= 15 is 0 Å². The molecule has 0 unspecified atom stereocenters. The van der Waals surface area contributed by atoms with Crippen molar-refractivity contribution in [2.24, 2.45) is 4.99 Å². The van der Waals surface area contributed by atoms with Crippen LogP contribution in [0.25, 0.3) is 11.0 Å². The van der Waals surface area contributed by atoms with Crippen molar-refractivity contribution in [3.63, 3.8) is 0 Å². The van der Waals surface area contributed by atoms with Gasteiger partial charge >= 0.3 is 5.63 Å². The molecule has 4 rings (SSSR count). The van der Waals surface area contributed by atoms with Crippen LogP contribution in [0.5, 0.6) is 5.75 Å². The first kappa shape index (κ1) is 24.1. The van der Waals surface area contributed by atoms with Gasteiger partial charge in [0.25, 0.3) is 16.1 Å². The SMILES string of the molecule is CNS(=O)(=O)Nc1cccc(Cc2c(CF)c3ccc(OC4=C=CC=CC=N4)cc3oc2=O)c1F. The summed E-state index contributed by atoms with van der Waals surface area (Å²) in [6.45, 7) is -1.00. The zero-order valence-corrected chi connectivity index (χ0v) is 19.2. The van der Waals surface area contributed by atoms with Gasteiger partial charge in [0.05, 0.1) is 5.69 Å². The molecule has 1 aliphatic rings. The van der Waals surface area contributed by atoms with Crippen LogP contribution in [0.4, 0.5) is 14.5 Å². The van der Waals surface area contributed by atoms with Gasteiger partial charge in [-0.25, -0.2) is 23.3 Å². The van der Waals surface area contributed by atoms with Crippen LogP contribution < -0.4 is 19.8 Å². The van der Waals surface area contributed by atoms with Gasteiger partial charge in [0, 0.05) is 42.3 Å². The standard InChI is InChI=1S/C24H19F2N3O5S/c1-27-35(31,32)29-20-7-5-6-15(23(20)26)12-18-19(14-25)17-10-9-16(13-21(17)34-24(18)30)33-22-8-3-2-4-11-28-22/h2-7,9-11,13,27,29H,12,14H2,1H3. The van der Waals surface area contributed by atoms with E-state index in [1.807, 2.05) is 4.72 Å². The van der Waals surface area contributed by atoms with E-state index in [0.29, 0.717) is 11.1 Å². The van der Waals surface area contributed by atoms with Gasteiger partial charge in [-0.15, -0.1) is 0 Å². The number of alkyl halides is 1. The topological polar surface area (TPSA) is 110 Å². The number of aliphatic imine (C=N–C) groups is 1. The zero-order valence-electron chi connectivity index (χ0n) is 18.3. The maximum Gasteiger partial charge on any atom is 0.340 e. The third kappa shape index (κ3) is 5.38. The third-order valence-corrected chi connectivity index (χ3v) is 6.12. The Kier molecular flexibility index (Phi) is 6.92. The van der Waals surface area contributed by atoms with Crippen molar-refractivity contribution in [3.8, 4) is 5.75 Å². The minimum atomic E-state index is -3.96. The molecule has 1 aliphatic heterocycles. The molecule has 0 aliphatic carbocycles. The monoisotopic (exact) mass is 499 g/mol. The van der Waals surface area contributed by atoms with Gasteiger partial charge < -0.3 is 9.15 Å². The van der Waals surface area contributed by atoms with Crippen LogP contribution in [0.3, 0.4) is 0 Å². The van der Waals surface area contributed by atoms with Gasteiger partial charge in [-0.1, -0.05) is 23.9 Å². The first-order valence-corrected chi connectivity index (χ1v) is 11.8. The van der Waals surface area contributed by atoms with Crippen molar-refractivity contribution >= 4 is 33.1 Å². The molecule has 3 aromatic rings. The quantitative estimate of drug-likeness (QED) is 0.361. The molecule has 8 nitrogen and oxygen atoms in total. The fourth-order valence-corrected chi connectivity index (χ4v) is 3.95. The molecular formula is C24H19F2N3O5S. The lowest BCUT2D eigenvalue weighted by molar-refractivity contribution is 0.422. The van der Waals surface area contributed by atoms with Gasteiger partial charge in [-0.3, -0.25) is 4.72 Å². The fraction of sp³-hybridized carbons (Fsp3) is 0.125. The molecule has 2 aromatic carbocycles. The highest BCUT2D eigenvalue weighted by Crippen LogP contribution is 2.29. The summed E-state index contributed by atoms with van der Waals surface area (Å²) in [5.74, 6) is -0.411. The van der Waals surface area contributed by atoms with Crippen molar-refractivity contribution in [1.29, 1.82) is 0 Å². The van der Waals surface area contributed by atoms with Crippen LogP contribution in [0.2, 0.25) is 0 Å². The Morgan fingerprint density at radius 3 is 2.77 bits per heavy atom. The van der Waals surface area contributed by atoms with Crippen molar-refractivity contribution in [2.45, 2.75) is 13.1 Å². The Labute approximate surface area is 199 Å². The van der Waals surface area contributed by atoms with E-state index in [1.165, 1.54) is 43.6 Å². The number of hydrogen-bond acceptors (Lipinski definition) is 6. The van der Waals surface area contributed by atoms with Crippen LogP contribution in [0.1, 0.15) is 16.7 Å². The van der Waals surface area contributed by atoms with E-state index in [0.717, 1.165) is 0 Å². The second kappa shape index (κ2) is 10.1. The molecule has 0 fully saturated rings. The minimum Gasteiger partial charge on any atom is -0.433 e. The molecule has 2 heterocycles. The number of halogens is 2. The molecule has 0 saturated heterocycles. The summed E-state index contributed by atoms with van der Waals surface area (Å²) in [5.41, 5.74) is 1.70. The molecule has 180 valence electrons. The van der Waals surface area contributed by atoms with Gasteiger partial charge in [0.1, 0.15) is 18.0 Å². The maximum atomic E-state index is 15.0. The number of nitrogens with one attached hydrogen (secondary N) is 2. The number of rotatable bonds is 8. The lowest BCUT2D eigenvalue weighted by Crippen LogP contribution is -2.27. The van der Waals surface area contributed by atoms with E-state index in [-0.39, 0.29) is 40.3 Å². The number of fused-ring (bicyclic) bond motifs is 1. The molecular weight excluding hydrogens is 480 g/mol. The Bertz CT molecular complexity index is 1590. The summed E-state index contributed by atoms with van der Waals surface area (Å²) in [5, 5.41) is 0.317. The summed E-state index contributed by atoms with van der Waals surface area (Å²) in [4.78, 5) is 16.8. The predicted molar refractivity (Wildman–Crippen MR) is 128 cm³/mol. The van der Waals surface area contributed by atoms with Crippen molar-refractivity contribution < 1.29 is 26.4 Å². The second-order valence-corrected chi connectivity index (χ2v) is 8.90. The Morgan fingerprint density at radius 1 is 1.17 bits per heavy atom. The fourth-order valence-electron chi connectivity index (χ4n) is 3.40. The first-order chi connectivity index (χ1) is 16.8. The highest BCUT2D eigenvalue weighted by atomic mass is 32.2. The van der Waals surface area contributed by atoms with Gasteiger partial charge in [0.15, 0.2) is 5.82 Å². The van der Waals surface area contributed by atoms with Crippen molar-refractivity contribution in [1.82, 2.24) is 4.72 Å². The van der Waals surface area contributed by atoms with Gasteiger partial charge in [-0.05, 0) is 35.9 Å². The van der Waals surface area contributed by atoms with Crippen LogP contribution in [0, 0.1) is 5.82 Å². The number of benzene rings is 2. The lowest BCUT2D eigenvalue weighted by atomic mass is 9.98. The average molecular weight is 499 g/mol. The summed E-state index contributed by atoms with van der Waals surface area (Å²) >= 11 is 0. The summed E-state index contributed by atoms with van der Waals surface area (Å²) in [6.07, 6.45) is 6.26. The van der Waals surface area contributed by atoms with Crippen LogP contribution in [-0.2, 0) is 23.3 Å². The smallest absolute Gasteiger partial charge is 0.340 e. The largest absolute Gasteiger partial charge is 0.433 e. The summed E-state index contributed by atoms with van der Waals surface area (Å²) in [6, 6.07) is 8.54. The number of anilines is 1. The van der Waals surface area contributed by atoms with Crippen molar-refractivity contribution in [2.75, 3.05) is 11.8 Å². The molecule has 2 N–H and O–H groups in total. The summed E-state index contributed by atoms with van der Waals surface area (Å²) in [7, 11) is -2.79. The van der Waals surface area contributed by atoms with E-state index in [2.05, 4.69) is 15.4 Å². The number of allylic oxidation sites excluding steroid dienone is 3. The average Bonchev–Trinajstić information content (AvgIpc) is 3.10. The Morgan fingerprint density at radius 2 is 2.00 bits per heavy atom. The molecule has 11 heteroatoms. The first-order valence-electron chi connectivity index (χ1n) is 10.3. The normalized spacial score (nSPS) is 13.1. The van der Waals surface area contributed by atoms with E-state index in [9.17, 15) is 22.0 Å². The Balaban J connectivity index is 1.71. The molecule has 0 atom stereocenters. The van der Waals surface area contributed by atoms with Crippen molar-refractivity contribution in [3.05, 3.63) is 99.2 Å². The molecule has 0 spiro atoms. The number of nitrogens with zero attached hydrogens (tertiary/aromatic N) is 1. The van der Waals surface area contributed by atoms with Gasteiger partial charge in [-0.2, -0.15) is 8.42 Å². The number of ether oxygens (including phenoxy) is 1. The highest BCUT2D eigenvalue weighted by Gasteiger charge is 2.19. The molecule has 0 amide bonds. The van der Waals surface area contributed by atoms with E-state index in [1.54, 1.807) is 24.3 Å². The molecule has 0 saturated carbocycles. The van der Waals surface area contributed by atoms with Crippen LogP contribution >= 0.6 is 0 Å². The minimum absolute atomic E-state index is 0.0128. The number of hydrogen-bond donors (Lipinski definition) is 2. The predicted octanol–water partition coefficient (Wildman–Crippen LogP) is 3.88. The van der Waals surface area contributed by atoms with Crippen LogP contribution in [0.15, 0.2) is 80.4 Å². The van der Waals surface area contributed by atoms with E-state index < -0.39 is 28.3 Å². The van der Waals surface area contributed by atoms with Crippen LogP contribution in [-0.4, -0.2) is 21.7 Å². The molecule has 1 aromatic heterocycles. The molecule has 0 radical (unpaired) electrons. The van der Waals surface area contributed by atoms with Gasteiger partial charge in [0.2, 0.25) is 0 Å². The summed E-state index contributed by atoms with van der Waals surface area (Å²) < 4.78 is 67.7. The van der Waals surface area contributed by atoms with E-state index in [4.69, 9.17) is 9.15 Å².